The fraction of sp³-hybridized carbons (Fsp3) is 0.625. The second-order valence-electron chi connectivity index (χ2n) is 5.79. The lowest BCUT2D eigenvalue weighted by atomic mass is 9.99. The maximum atomic E-state index is 11.7. The van der Waals surface area contributed by atoms with Gasteiger partial charge in [0, 0.05) is 18.0 Å². The largest absolute Gasteiger partial charge is 0.353 e. The summed E-state index contributed by atoms with van der Waals surface area (Å²) in [6.07, 6.45) is 6.97. The van der Waals surface area contributed by atoms with Gasteiger partial charge in [-0.05, 0) is 57.8 Å². The van der Waals surface area contributed by atoms with Crippen LogP contribution in [0, 0.1) is 12.8 Å². The molecule has 0 unspecified atom stereocenters. The third-order valence-corrected chi connectivity index (χ3v) is 4.66. The molecule has 1 fully saturated rings. The number of nitrogens with zero attached hydrogens (tertiary/aromatic N) is 2. The van der Waals surface area contributed by atoms with Crippen molar-refractivity contribution in [2.75, 3.05) is 26.2 Å². The number of carbonyl (C=O) groups is 1. The van der Waals surface area contributed by atoms with E-state index in [2.05, 4.69) is 22.1 Å². The van der Waals surface area contributed by atoms with Crippen molar-refractivity contribution in [2.24, 2.45) is 5.92 Å². The van der Waals surface area contributed by atoms with Gasteiger partial charge in [0.25, 0.3) is 0 Å². The summed E-state index contributed by atoms with van der Waals surface area (Å²) >= 11 is 1.59. The van der Waals surface area contributed by atoms with Gasteiger partial charge < -0.3 is 10.2 Å². The van der Waals surface area contributed by atoms with Crippen molar-refractivity contribution >= 4 is 23.3 Å². The van der Waals surface area contributed by atoms with E-state index >= 15 is 0 Å². The van der Waals surface area contributed by atoms with Crippen molar-refractivity contribution in [2.45, 2.75) is 33.1 Å². The van der Waals surface area contributed by atoms with Gasteiger partial charge in [0.2, 0.25) is 5.91 Å². The molecule has 5 heteroatoms. The number of thiazole rings is 1. The maximum absolute atomic E-state index is 11.7. The van der Waals surface area contributed by atoms with Crippen LogP contribution in [0.3, 0.4) is 0 Å². The van der Waals surface area contributed by atoms with E-state index in [0.717, 1.165) is 36.1 Å². The molecule has 0 bridgehead atoms. The predicted molar refractivity (Wildman–Crippen MR) is 88.3 cm³/mol. The van der Waals surface area contributed by atoms with Crippen molar-refractivity contribution in [1.82, 2.24) is 15.2 Å². The first-order valence-corrected chi connectivity index (χ1v) is 8.62. The number of aryl methyl sites for hydroxylation is 1. The molecular weight excluding hydrogens is 282 g/mol. The summed E-state index contributed by atoms with van der Waals surface area (Å²) in [5.74, 6) is 0.841. The zero-order valence-corrected chi connectivity index (χ0v) is 13.8. The van der Waals surface area contributed by atoms with Gasteiger partial charge in [-0.2, -0.15) is 0 Å². The summed E-state index contributed by atoms with van der Waals surface area (Å²) in [7, 11) is 0. The number of hydrogen-bond donors (Lipinski definition) is 1. The average molecular weight is 307 g/mol. The molecule has 1 saturated heterocycles. The molecule has 1 aliphatic rings. The van der Waals surface area contributed by atoms with Crippen LogP contribution in [-0.4, -0.2) is 42.0 Å². The molecule has 1 aromatic heterocycles. The Labute approximate surface area is 131 Å². The maximum Gasteiger partial charge on any atom is 0.244 e. The van der Waals surface area contributed by atoms with Crippen LogP contribution in [0.25, 0.3) is 6.08 Å². The lowest BCUT2D eigenvalue weighted by molar-refractivity contribution is -0.116. The van der Waals surface area contributed by atoms with E-state index in [0.29, 0.717) is 0 Å². The fourth-order valence-corrected chi connectivity index (χ4v) is 3.06. The molecule has 1 aromatic rings. The van der Waals surface area contributed by atoms with Crippen LogP contribution in [-0.2, 0) is 4.79 Å². The lowest BCUT2D eigenvalue weighted by Gasteiger charge is -2.30. The van der Waals surface area contributed by atoms with Gasteiger partial charge in [-0.25, -0.2) is 4.98 Å². The van der Waals surface area contributed by atoms with E-state index in [-0.39, 0.29) is 5.91 Å². The summed E-state index contributed by atoms with van der Waals surface area (Å²) in [6, 6.07) is 0. The SMILES string of the molecule is Cc1nc(C=CC(=O)NCCCN2CCC(C)CC2)cs1. The van der Waals surface area contributed by atoms with Crippen LogP contribution in [0.15, 0.2) is 11.5 Å². The fourth-order valence-electron chi connectivity index (χ4n) is 2.48. The molecule has 0 atom stereocenters. The van der Waals surface area contributed by atoms with E-state index in [4.69, 9.17) is 0 Å². The van der Waals surface area contributed by atoms with Crippen molar-refractivity contribution < 1.29 is 4.79 Å². The van der Waals surface area contributed by atoms with E-state index in [9.17, 15) is 4.79 Å². The predicted octanol–water partition coefficient (Wildman–Crippen LogP) is 2.70. The molecule has 1 amide bonds. The average Bonchev–Trinajstić information content (AvgIpc) is 2.89. The number of carbonyl (C=O) groups excluding carboxylic acids is 1. The van der Waals surface area contributed by atoms with Gasteiger partial charge in [0.05, 0.1) is 10.7 Å². The molecule has 0 spiro atoms. The van der Waals surface area contributed by atoms with Crippen molar-refractivity contribution in [3.63, 3.8) is 0 Å². The Kier molecular flexibility index (Phi) is 6.39. The Morgan fingerprint density at radius 2 is 2.29 bits per heavy atom. The molecule has 0 aliphatic carbocycles. The first kappa shape index (κ1) is 16.2. The molecule has 4 nitrogen and oxygen atoms in total. The molecule has 116 valence electrons. The number of likely N-dealkylation sites (tertiary alicyclic amines) is 1. The number of rotatable bonds is 6. The Bertz CT molecular complexity index is 476. The van der Waals surface area contributed by atoms with Gasteiger partial charge in [0.15, 0.2) is 0 Å². The Balaban J connectivity index is 1.58. The number of aromatic nitrogens is 1. The molecule has 0 aromatic carbocycles. The summed E-state index contributed by atoms with van der Waals surface area (Å²) in [5.41, 5.74) is 0.857. The minimum Gasteiger partial charge on any atom is -0.353 e. The molecule has 21 heavy (non-hydrogen) atoms. The molecule has 0 radical (unpaired) electrons. The Morgan fingerprint density at radius 3 is 2.95 bits per heavy atom. The quantitative estimate of drug-likeness (QED) is 0.649. The number of nitrogens with one attached hydrogen (secondary N) is 1. The van der Waals surface area contributed by atoms with Crippen LogP contribution in [0.4, 0.5) is 0 Å². The summed E-state index contributed by atoms with van der Waals surface area (Å²) in [4.78, 5) is 18.5. The highest BCUT2D eigenvalue weighted by Gasteiger charge is 2.14. The van der Waals surface area contributed by atoms with Crippen LogP contribution in [0.1, 0.15) is 36.9 Å². The molecule has 2 heterocycles. The van der Waals surface area contributed by atoms with Crippen LogP contribution in [0.2, 0.25) is 0 Å². The zero-order chi connectivity index (χ0) is 15.1. The number of amides is 1. The van der Waals surface area contributed by atoms with Crippen molar-refractivity contribution in [1.29, 1.82) is 0 Å². The van der Waals surface area contributed by atoms with E-state index in [1.807, 2.05) is 12.3 Å². The first-order chi connectivity index (χ1) is 10.1. The van der Waals surface area contributed by atoms with Gasteiger partial charge in [-0.3, -0.25) is 4.79 Å². The number of hydrogen-bond acceptors (Lipinski definition) is 4. The normalized spacial score (nSPS) is 17.4. The Hall–Kier alpha value is -1.20. The lowest BCUT2D eigenvalue weighted by Crippen LogP contribution is -2.35. The van der Waals surface area contributed by atoms with Gasteiger partial charge in [-0.15, -0.1) is 11.3 Å². The highest BCUT2D eigenvalue weighted by atomic mass is 32.1. The summed E-state index contributed by atoms with van der Waals surface area (Å²) < 4.78 is 0. The monoisotopic (exact) mass is 307 g/mol. The molecule has 2 rings (SSSR count). The molecule has 0 saturated carbocycles. The van der Waals surface area contributed by atoms with E-state index in [1.54, 1.807) is 23.5 Å². The topological polar surface area (TPSA) is 45.2 Å². The number of piperidine rings is 1. The van der Waals surface area contributed by atoms with Crippen LogP contribution in [0.5, 0.6) is 0 Å². The van der Waals surface area contributed by atoms with Crippen molar-refractivity contribution in [3.05, 3.63) is 22.2 Å². The minimum absolute atomic E-state index is 0.0343. The van der Waals surface area contributed by atoms with Crippen LogP contribution >= 0.6 is 11.3 Å². The summed E-state index contributed by atoms with van der Waals surface area (Å²) in [6.45, 7) is 8.53. The summed E-state index contributed by atoms with van der Waals surface area (Å²) in [5, 5.41) is 5.91. The van der Waals surface area contributed by atoms with Crippen LogP contribution < -0.4 is 5.32 Å². The smallest absolute Gasteiger partial charge is 0.244 e. The standard InChI is InChI=1S/C16H25N3OS/c1-13-6-10-19(11-7-13)9-3-8-17-16(20)5-4-15-12-21-14(2)18-15/h4-5,12-13H,3,6-11H2,1-2H3,(H,17,20). The van der Waals surface area contributed by atoms with E-state index in [1.165, 1.54) is 25.9 Å². The zero-order valence-electron chi connectivity index (χ0n) is 13.0. The molecule has 1 aliphatic heterocycles. The Morgan fingerprint density at radius 1 is 1.52 bits per heavy atom. The van der Waals surface area contributed by atoms with Gasteiger partial charge in [0.1, 0.15) is 0 Å². The minimum atomic E-state index is -0.0343. The first-order valence-electron chi connectivity index (χ1n) is 7.74. The van der Waals surface area contributed by atoms with Crippen molar-refractivity contribution in [3.8, 4) is 0 Å². The molecule has 1 N–H and O–H groups in total. The van der Waals surface area contributed by atoms with Gasteiger partial charge in [-0.1, -0.05) is 6.92 Å². The van der Waals surface area contributed by atoms with E-state index < -0.39 is 0 Å². The highest BCUT2D eigenvalue weighted by Crippen LogP contribution is 2.15. The second-order valence-corrected chi connectivity index (χ2v) is 6.86. The third-order valence-electron chi connectivity index (χ3n) is 3.87. The van der Waals surface area contributed by atoms with Gasteiger partial charge >= 0.3 is 0 Å². The highest BCUT2D eigenvalue weighted by molar-refractivity contribution is 7.09. The molecular formula is C16H25N3OS. The third kappa shape index (κ3) is 5.98. The second kappa shape index (κ2) is 8.29.